The molecule has 3 amide bonds. The number of hydrogen-bond donors (Lipinski definition) is 2. The van der Waals surface area contributed by atoms with Crippen molar-refractivity contribution in [2.24, 2.45) is 7.05 Å². The number of carbonyl (C=O) groups excluding carboxylic acids is 2. The number of nitrogens with one attached hydrogen (secondary N) is 2. The third-order valence-corrected chi connectivity index (χ3v) is 6.46. The monoisotopic (exact) mass is 551 g/mol. The fourth-order valence-corrected chi connectivity index (χ4v) is 4.55. The molecule has 0 spiro atoms. The Morgan fingerprint density at radius 3 is 2.66 bits per heavy atom. The van der Waals surface area contributed by atoms with Gasteiger partial charge in [-0.15, -0.1) is 0 Å². The predicted molar refractivity (Wildman–Crippen MR) is 159 cm³/mol. The molecular formula is C30H33N9O2. The van der Waals surface area contributed by atoms with Gasteiger partial charge in [-0.3, -0.25) is 9.48 Å². The molecule has 0 saturated heterocycles. The summed E-state index contributed by atoms with van der Waals surface area (Å²) >= 11 is 0. The molecule has 0 aliphatic carbocycles. The number of nitrogens with zero attached hydrogens (tertiary/aromatic N) is 7. The van der Waals surface area contributed by atoms with Gasteiger partial charge in [-0.1, -0.05) is 42.5 Å². The number of likely N-dealkylation sites (N-methyl/N-ethyl adjacent to an activating group) is 1. The summed E-state index contributed by atoms with van der Waals surface area (Å²) in [7, 11) is 5.71. The summed E-state index contributed by atoms with van der Waals surface area (Å²) in [4.78, 5) is 41.1. The van der Waals surface area contributed by atoms with Crippen LogP contribution in [0.1, 0.15) is 16.8 Å². The summed E-state index contributed by atoms with van der Waals surface area (Å²) in [6.07, 6.45) is 6.89. The first-order valence-electron chi connectivity index (χ1n) is 13.3. The van der Waals surface area contributed by atoms with Crippen LogP contribution in [0, 0.1) is 6.92 Å². The van der Waals surface area contributed by atoms with Crippen LogP contribution in [0.15, 0.2) is 79.1 Å². The number of benzene rings is 2. The molecule has 11 nitrogen and oxygen atoms in total. The summed E-state index contributed by atoms with van der Waals surface area (Å²) in [5.41, 5.74) is 4.54. The first-order valence-corrected chi connectivity index (χ1v) is 13.3. The van der Waals surface area contributed by atoms with Crippen LogP contribution in [-0.2, 0) is 24.9 Å². The fraction of sp³-hybridized carbons (Fsp3) is 0.233. The maximum Gasteiger partial charge on any atom is 0.330 e. The zero-order valence-corrected chi connectivity index (χ0v) is 23.6. The molecule has 0 radical (unpaired) electrons. The van der Waals surface area contributed by atoms with E-state index < -0.39 is 0 Å². The lowest BCUT2D eigenvalue weighted by Gasteiger charge is -2.36. The summed E-state index contributed by atoms with van der Waals surface area (Å²) in [6.45, 7) is 3.34. The number of amides is 3. The second-order valence-corrected chi connectivity index (χ2v) is 10.1. The van der Waals surface area contributed by atoms with E-state index in [1.54, 1.807) is 45.0 Å². The first-order chi connectivity index (χ1) is 19.8. The van der Waals surface area contributed by atoms with Gasteiger partial charge in [-0.25, -0.2) is 14.7 Å². The third kappa shape index (κ3) is 6.59. The zero-order valence-electron chi connectivity index (χ0n) is 23.6. The van der Waals surface area contributed by atoms with Gasteiger partial charge in [0.05, 0.1) is 23.6 Å². The predicted octanol–water partition coefficient (Wildman–Crippen LogP) is 4.59. The highest BCUT2D eigenvalue weighted by atomic mass is 16.2. The molecule has 2 N–H and O–H groups in total. The van der Waals surface area contributed by atoms with Crippen molar-refractivity contribution in [1.82, 2.24) is 29.5 Å². The van der Waals surface area contributed by atoms with Gasteiger partial charge in [-0.05, 0) is 44.8 Å². The largest absolute Gasteiger partial charge is 0.330 e. The number of aryl methyl sites for hydroxylation is 2. The van der Waals surface area contributed by atoms with Crippen molar-refractivity contribution in [1.29, 1.82) is 0 Å². The number of hydrogen-bond acceptors (Lipinski definition) is 7. The van der Waals surface area contributed by atoms with Crippen molar-refractivity contribution in [3.05, 3.63) is 96.0 Å². The number of urea groups is 1. The Labute approximate surface area is 239 Å². The van der Waals surface area contributed by atoms with E-state index in [1.165, 1.54) is 6.08 Å². The number of fused-ring (bicyclic) bond motifs is 1. The summed E-state index contributed by atoms with van der Waals surface area (Å²) in [5.74, 6) is 0.582. The van der Waals surface area contributed by atoms with E-state index in [4.69, 9.17) is 4.98 Å². The molecule has 3 heterocycles. The van der Waals surface area contributed by atoms with E-state index >= 15 is 0 Å². The molecule has 0 unspecified atom stereocenters. The van der Waals surface area contributed by atoms with Crippen LogP contribution in [0.3, 0.4) is 0 Å². The molecule has 210 valence electrons. The highest BCUT2D eigenvalue weighted by molar-refractivity contribution is 6.03. The van der Waals surface area contributed by atoms with Gasteiger partial charge in [-0.2, -0.15) is 10.1 Å². The van der Waals surface area contributed by atoms with Crippen molar-refractivity contribution >= 4 is 40.8 Å². The van der Waals surface area contributed by atoms with Crippen LogP contribution in [0.4, 0.5) is 33.6 Å². The molecule has 0 fully saturated rings. The maximum absolute atomic E-state index is 14.0. The van der Waals surface area contributed by atoms with Gasteiger partial charge in [0, 0.05) is 49.9 Å². The van der Waals surface area contributed by atoms with Crippen LogP contribution < -0.4 is 15.5 Å². The minimum atomic E-state index is -0.249. The number of rotatable bonds is 9. The van der Waals surface area contributed by atoms with Crippen molar-refractivity contribution in [2.75, 3.05) is 36.2 Å². The number of anilines is 5. The summed E-state index contributed by atoms with van der Waals surface area (Å²) in [6, 6.07) is 16.8. The molecule has 0 bridgehead atoms. The van der Waals surface area contributed by atoms with Crippen LogP contribution in [-0.4, -0.2) is 62.1 Å². The highest BCUT2D eigenvalue weighted by Gasteiger charge is 2.33. The van der Waals surface area contributed by atoms with Crippen LogP contribution in [0.5, 0.6) is 0 Å². The molecule has 0 saturated carbocycles. The van der Waals surface area contributed by atoms with E-state index in [0.29, 0.717) is 42.8 Å². The average molecular weight is 552 g/mol. The Balaban J connectivity index is 1.48. The Morgan fingerprint density at radius 2 is 1.93 bits per heavy atom. The quantitative estimate of drug-likeness (QED) is 0.293. The van der Waals surface area contributed by atoms with Gasteiger partial charge >= 0.3 is 6.03 Å². The third-order valence-electron chi connectivity index (χ3n) is 6.46. The van der Waals surface area contributed by atoms with E-state index in [1.807, 2.05) is 75.6 Å². The Hall–Kier alpha value is -5.03. The zero-order chi connectivity index (χ0) is 28.9. The standard InChI is InChI=1S/C30H33N9O2/c1-21-26(20-37(4)35-21)33-29-31-17-23-19-38(18-22-10-6-5-7-11-22)30(41)39(28(23)34-29)25-13-8-12-24(16-25)32-27(40)14-9-15-36(2)3/h5-14,16-17,20H,15,18-19H2,1-4H3,(H,32,40)(H,31,33,34)/b14-9+. The van der Waals surface area contributed by atoms with Crippen molar-refractivity contribution in [3.63, 3.8) is 0 Å². The Kier molecular flexibility index (Phi) is 8.06. The second kappa shape index (κ2) is 12.0. The lowest BCUT2D eigenvalue weighted by Crippen LogP contribution is -2.45. The van der Waals surface area contributed by atoms with Gasteiger partial charge in [0.2, 0.25) is 11.9 Å². The van der Waals surface area contributed by atoms with E-state index in [9.17, 15) is 9.59 Å². The number of carbonyl (C=O) groups is 2. The molecule has 1 aliphatic rings. The first kappa shape index (κ1) is 27.5. The van der Waals surface area contributed by atoms with Gasteiger partial charge in [0.15, 0.2) is 5.82 Å². The average Bonchev–Trinajstić information content (AvgIpc) is 3.25. The minimum absolute atomic E-state index is 0.224. The lowest BCUT2D eigenvalue weighted by atomic mass is 10.1. The molecule has 11 heteroatoms. The second-order valence-electron chi connectivity index (χ2n) is 10.1. The Morgan fingerprint density at radius 1 is 1.12 bits per heavy atom. The molecule has 41 heavy (non-hydrogen) atoms. The molecule has 4 aromatic rings. The summed E-state index contributed by atoms with van der Waals surface area (Å²) in [5, 5.41) is 10.5. The van der Waals surface area contributed by atoms with E-state index in [2.05, 4.69) is 20.7 Å². The van der Waals surface area contributed by atoms with Crippen LogP contribution in [0.25, 0.3) is 0 Å². The SMILES string of the molecule is Cc1nn(C)cc1Nc1ncc2c(n1)N(c1cccc(NC(=O)/C=C/CN(C)C)c1)C(=O)N(Cc1ccccc1)C2. The Bertz CT molecular complexity index is 1580. The molecule has 5 rings (SSSR count). The topological polar surface area (TPSA) is 112 Å². The molecule has 0 atom stereocenters. The van der Waals surface area contributed by atoms with E-state index in [0.717, 1.165) is 22.5 Å². The molecule has 2 aromatic carbocycles. The van der Waals surface area contributed by atoms with Gasteiger partial charge in [0.1, 0.15) is 0 Å². The van der Waals surface area contributed by atoms with Gasteiger partial charge in [0.25, 0.3) is 0 Å². The molecule has 1 aliphatic heterocycles. The van der Waals surface area contributed by atoms with E-state index in [-0.39, 0.29) is 11.9 Å². The lowest BCUT2D eigenvalue weighted by molar-refractivity contribution is -0.111. The fourth-order valence-electron chi connectivity index (χ4n) is 4.55. The number of aromatic nitrogens is 4. The van der Waals surface area contributed by atoms with Crippen LogP contribution >= 0.6 is 0 Å². The normalized spacial score (nSPS) is 13.1. The van der Waals surface area contributed by atoms with Crippen molar-refractivity contribution in [2.45, 2.75) is 20.0 Å². The van der Waals surface area contributed by atoms with Gasteiger partial charge < -0.3 is 20.4 Å². The highest BCUT2D eigenvalue weighted by Crippen LogP contribution is 2.36. The molecular weight excluding hydrogens is 518 g/mol. The molecule has 2 aromatic heterocycles. The van der Waals surface area contributed by atoms with Crippen LogP contribution in [0.2, 0.25) is 0 Å². The minimum Gasteiger partial charge on any atom is -0.322 e. The summed E-state index contributed by atoms with van der Waals surface area (Å²) < 4.78 is 1.71. The van der Waals surface area contributed by atoms with Crippen molar-refractivity contribution < 1.29 is 9.59 Å². The smallest absolute Gasteiger partial charge is 0.322 e. The van der Waals surface area contributed by atoms with Crippen molar-refractivity contribution in [3.8, 4) is 0 Å². The maximum atomic E-state index is 14.0.